The molecule has 0 aliphatic carbocycles. The fourth-order valence-electron chi connectivity index (χ4n) is 8.68. The number of amides is 1. The number of nitrogens with one attached hydrogen (secondary N) is 1. The monoisotopic (exact) mass is 952 g/mol. The Morgan fingerprint density at radius 1 is 0.412 bits per heavy atom. The zero-order valence-corrected chi connectivity index (χ0v) is 45.1. The van der Waals surface area contributed by atoms with Crippen LogP contribution in [0.2, 0.25) is 0 Å². The van der Waals surface area contributed by atoms with Gasteiger partial charge in [0.2, 0.25) is 5.91 Å². The molecule has 2 unspecified atom stereocenters. The Hall–Kier alpha value is -2.44. The van der Waals surface area contributed by atoms with Gasteiger partial charge in [0, 0.05) is 12.8 Å². The highest BCUT2D eigenvalue weighted by Gasteiger charge is 2.18. The highest BCUT2D eigenvalue weighted by Crippen LogP contribution is 2.15. The molecule has 1 amide bonds. The van der Waals surface area contributed by atoms with Crippen molar-refractivity contribution in [1.29, 1.82) is 0 Å². The van der Waals surface area contributed by atoms with Gasteiger partial charge in [-0.05, 0) is 89.9 Å². The molecule has 0 aromatic heterocycles. The molecule has 0 saturated heterocycles. The third-order valence-electron chi connectivity index (χ3n) is 13.3. The van der Waals surface area contributed by atoms with Crippen LogP contribution in [-0.4, -0.2) is 47.4 Å². The maximum atomic E-state index is 12.4. The number of hydrogen-bond donors (Lipinski definition) is 3. The summed E-state index contributed by atoms with van der Waals surface area (Å²) in [6.45, 7) is 4.83. The molecule has 396 valence electrons. The van der Waals surface area contributed by atoms with Crippen molar-refractivity contribution in [1.82, 2.24) is 5.32 Å². The van der Waals surface area contributed by atoms with Crippen LogP contribution in [0.25, 0.3) is 0 Å². The Morgan fingerprint density at radius 2 is 0.750 bits per heavy atom. The van der Waals surface area contributed by atoms with Crippen molar-refractivity contribution in [2.45, 2.75) is 309 Å². The van der Waals surface area contributed by atoms with E-state index in [4.69, 9.17) is 4.74 Å². The van der Waals surface area contributed by atoms with Gasteiger partial charge >= 0.3 is 5.97 Å². The van der Waals surface area contributed by atoms with Crippen LogP contribution in [0, 0.1) is 0 Å². The summed E-state index contributed by atoms with van der Waals surface area (Å²) in [6, 6.07) is -0.629. The summed E-state index contributed by atoms with van der Waals surface area (Å²) in [5.41, 5.74) is 0. The van der Waals surface area contributed by atoms with Gasteiger partial charge in [0.25, 0.3) is 0 Å². The number of rotatable bonds is 54. The number of unbranched alkanes of at least 4 members (excludes halogenated alkanes) is 35. The molecule has 0 fully saturated rings. The van der Waals surface area contributed by atoms with Crippen LogP contribution in [-0.2, 0) is 14.3 Å². The number of esters is 1. The number of ether oxygens (including phenoxy) is 1. The van der Waals surface area contributed by atoms with Crippen LogP contribution in [0.15, 0.2) is 60.8 Å². The van der Waals surface area contributed by atoms with E-state index in [1.54, 1.807) is 6.08 Å². The normalized spacial score (nSPS) is 13.1. The largest absolute Gasteiger partial charge is 0.466 e. The van der Waals surface area contributed by atoms with Gasteiger partial charge in [-0.15, -0.1) is 0 Å². The van der Waals surface area contributed by atoms with Crippen molar-refractivity contribution in [3.63, 3.8) is 0 Å². The lowest BCUT2D eigenvalue weighted by molar-refractivity contribution is -0.143. The molecule has 0 saturated carbocycles. The van der Waals surface area contributed by atoms with Crippen LogP contribution in [0.5, 0.6) is 0 Å². The third kappa shape index (κ3) is 52.9. The van der Waals surface area contributed by atoms with E-state index in [1.807, 2.05) is 6.08 Å². The summed E-state index contributed by atoms with van der Waals surface area (Å²) >= 11 is 0. The summed E-state index contributed by atoms with van der Waals surface area (Å²) in [6.07, 6.45) is 74.0. The number of hydrogen-bond acceptors (Lipinski definition) is 5. The van der Waals surface area contributed by atoms with Gasteiger partial charge in [-0.25, -0.2) is 0 Å². The molecule has 6 nitrogen and oxygen atoms in total. The smallest absolute Gasteiger partial charge is 0.305 e. The highest BCUT2D eigenvalue weighted by atomic mass is 16.5. The lowest BCUT2D eigenvalue weighted by Crippen LogP contribution is -2.45. The van der Waals surface area contributed by atoms with Gasteiger partial charge in [-0.3, -0.25) is 9.59 Å². The van der Waals surface area contributed by atoms with Gasteiger partial charge < -0.3 is 20.3 Å². The lowest BCUT2D eigenvalue weighted by atomic mass is 10.0. The standard InChI is InChI=1S/C62H113NO5/c1-3-5-7-9-11-13-15-16-33-36-40-44-48-52-56-62(67)68-57-53-49-45-41-37-34-31-29-27-25-23-21-19-17-18-20-22-24-26-28-30-32-35-39-43-47-51-55-61(66)63-59(58-64)60(65)54-50-46-42-38-14-12-10-8-6-4-2/h9,11,15-18,21,23,50,54,59-60,64-65H,3-8,10,12-14,19-20,22,24-49,51-53,55-58H2,1-2H3,(H,63,66)/b11-9-,16-15-,18-17-,23-21-,54-50+. The quantitative estimate of drug-likeness (QED) is 0.0321. The second kappa shape index (κ2) is 57.1. The number of carbonyl (C=O) groups is 2. The SMILES string of the molecule is CCCC/C=C\C/C=C\CCCCCCCC(=O)OCCCCCCCCCCC/C=C\C/C=C\CCCCCCCCCCCCCC(=O)NC(CO)C(O)/C=C/CCCCCCCCCC. The maximum absolute atomic E-state index is 12.4. The number of allylic oxidation sites excluding steroid dienone is 9. The Bertz CT molecular complexity index is 1190. The highest BCUT2D eigenvalue weighted by molar-refractivity contribution is 5.76. The Balaban J connectivity index is 3.43. The Kier molecular flexibility index (Phi) is 55.1. The summed E-state index contributed by atoms with van der Waals surface area (Å²) in [5, 5.41) is 23.0. The van der Waals surface area contributed by atoms with Crippen LogP contribution < -0.4 is 5.32 Å². The van der Waals surface area contributed by atoms with E-state index in [0.29, 0.717) is 19.4 Å². The minimum Gasteiger partial charge on any atom is -0.466 e. The van der Waals surface area contributed by atoms with Gasteiger partial charge in [0.1, 0.15) is 0 Å². The van der Waals surface area contributed by atoms with E-state index in [2.05, 4.69) is 67.8 Å². The number of aliphatic hydroxyl groups excluding tert-OH is 2. The van der Waals surface area contributed by atoms with Gasteiger partial charge in [-0.2, -0.15) is 0 Å². The predicted molar refractivity (Wildman–Crippen MR) is 296 cm³/mol. The second-order valence-electron chi connectivity index (χ2n) is 20.0. The van der Waals surface area contributed by atoms with Crippen LogP contribution >= 0.6 is 0 Å². The Morgan fingerprint density at radius 3 is 1.16 bits per heavy atom. The minimum atomic E-state index is -0.845. The summed E-state index contributed by atoms with van der Waals surface area (Å²) in [7, 11) is 0. The van der Waals surface area contributed by atoms with Crippen molar-refractivity contribution >= 4 is 11.9 Å². The first-order valence-corrected chi connectivity index (χ1v) is 29.6. The van der Waals surface area contributed by atoms with E-state index in [1.165, 1.54) is 212 Å². The molecule has 0 bridgehead atoms. The molecular weight excluding hydrogens is 839 g/mol. The molecule has 2 atom stereocenters. The lowest BCUT2D eigenvalue weighted by Gasteiger charge is -2.20. The van der Waals surface area contributed by atoms with Crippen LogP contribution in [0.4, 0.5) is 0 Å². The van der Waals surface area contributed by atoms with Crippen molar-refractivity contribution in [2.75, 3.05) is 13.2 Å². The van der Waals surface area contributed by atoms with E-state index >= 15 is 0 Å². The molecule has 68 heavy (non-hydrogen) atoms. The summed E-state index contributed by atoms with van der Waals surface area (Å²) in [4.78, 5) is 24.4. The van der Waals surface area contributed by atoms with Crippen molar-refractivity contribution in [2.24, 2.45) is 0 Å². The third-order valence-corrected chi connectivity index (χ3v) is 13.3. The van der Waals surface area contributed by atoms with E-state index < -0.39 is 12.1 Å². The van der Waals surface area contributed by atoms with Gasteiger partial charge in [0.05, 0.1) is 25.4 Å². The first kappa shape index (κ1) is 65.6. The molecule has 3 N–H and O–H groups in total. The zero-order chi connectivity index (χ0) is 49.3. The molecule has 0 aromatic rings. The van der Waals surface area contributed by atoms with Crippen LogP contribution in [0.1, 0.15) is 296 Å². The molecule has 0 spiro atoms. The molecule has 0 rings (SSSR count). The van der Waals surface area contributed by atoms with Crippen LogP contribution in [0.3, 0.4) is 0 Å². The molecule has 6 heteroatoms. The molecule has 0 heterocycles. The zero-order valence-electron chi connectivity index (χ0n) is 45.1. The van der Waals surface area contributed by atoms with Crippen molar-refractivity contribution in [3.8, 4) is 0 Å². The molecule has 0 aliphatic rings. The number of aliphatic hydroxyl groups is 2. The fourth-order valence-corrected chi connectivity index (χ4v) is 8.68. The summed E-state index contributed by atoms with van der Waals surface area (Å²) in [5.74, 6) is -0.0793. The van der Waals surface area contributed by atoms with Crippen molar-refractivity contribution in [3.05, 3.63) is 60.8 Å². The summed E-state index contributed by atoms with van der Waals surface area (Å²) < 4.78 is 5.47. The first-order valence-electron chi connectivity index (χ1n) is 29.6. The average molecular weight is 953 g/mol. The van der Waals surface area contributed by atoms with Gasteiger partial charge in [-0.1, -0.05) is 254 Å². The van der Waals surface area contributed by atoms with Gasteiger partial charge in [0.15, 0.2) is 0 Å². The van der Waals surface area contributed by atoms with E-state index in [0.717, 1.165) is 57.8 Å². The molecule has 0 aliphatic heterocycles. The predicted octanol–water partition coefficient (Wildman–Crippen LogP) is 18.4. The van der Waals surface area contributed by atoms with E-state index in [-0.39, 0.29) is 18.5 Å². The number of carbonyl (C=O) groups excluding carboxylic acids is 2. The minimum absolute atomic E-state index is 0.00533. The molecule has 0 aromatic carbocycles. The molecule has 0 radical (unpaired) electrons. The average Bonchev–Trinajstić information content (AvgIpc) is 3.34. The topological polar surface area (TPSA) is 95.9 Å². The van der Waals surface area contributed by atoms with Crippen molar-refractivity contribution < 1.29 is 24.5 Å². The molecular formula is C62H113NO5. The van der Waals surface area contributed by atoms with E-state index in [9.17, 15) is 19.8 Å². The first-order chi connectivity index (χ1) is 33.5. The fraction of sp³-hybridized carbons (Fsp3) is 0.806. The maximum Gasteiger partial charge on any atom is 0.305 e. The second-order valence-corrected chi connectivity index (χ2v) is 20.0. The Labute approximate surface area is 422 Å².